The van der Waals surface area contributed by atoms with Crippen LogP contribution < -0.4 is 10.6 Å². The summed E-state index contributed by atoms with van der Waals surface area (Å²) in [6.45, 7) is 4.32. The molecule has 0 saturated carbocycles. The fraction of sp³-hybridized carbons (Fsp3) is 0.650. The molecule has 5 nitrogen and oxygen atoms in total. The molecule has 0 amide bonds. The molecule has 3 rings (SSSR count). The summed E-state index contributed by atoms with van der Waals surface area (Å²) in [5, 5.41) is 6.94. The Morgan fingerprint density at radius 3 is 2.77 bits per heavy atom. The number of allylic oxidation sites excluding steroid dienone is 1. The van der Waals surface area contributed by atoms with Crippen molar-refractivity contribution < 1.29 is 9.15 Å². The molecule has 1 aromatic heterocycles. The summed E-state index contributed by atoms with van der Waals surface area (Å²) >= 11 is 0. The third-order valence-electron chi connectivity index (χ3n) is 4.90. The Labute approximate surface area is 174 Å². The van der Waals surface area contributed by atoms with Gasteiger partial charge in [-0.05, 0) is 50.7 Å². The predicted molar refractivity (Wildman–Crippen MR) is 116 cm³/mol. The van der Waals surface area contributed by atoms with Gasteiger partial charge in [0, 0.05) is 38.6 Å². The van der Waals surface area contributed by atoms with Gasteiger partial charge in [0.15, 0.2) is 5.96 Å². The Bertz CT molecular complexity index is 551. The lowest BCUT2D eigenvalue weighted by Gasteiger charge is -2.16. The molecule has 2 aliphatic rings. The Morgan fingerprint density at radius 2 is 2.08 bits per heavy atom. The molecule has 146 valence electrons. The Balaban J connectivity index is 0.00000243. The summed E-state index contributed by atoms with van der Waals surface area (Å²) in [4.78, 5) is 4.77. The SMILES string of the molecule is C1=C(CCNC(=NCC2CCOC2)NCCc2ccco2)CCCC1.I. The van der Waals surface area contributed by atoms with Crippen molar-refractivity contribution in [1.82, 2.24) is 10.6 Å². The molecule has 0 bridgehead atoms. The van der Waals surface area contributed by atoms with Gasteiger partial charge < -0.3 is 19.8 Å². The minimum Gasteiger partial charge on any atom is -0.469 e. The van der Waals surface area contributed by atoms with Crippen molar-refractivity contribution in [2.24, 2.45) is 10.9 Å². The summed E-state index contributed by atoms with van der Waals surface area (Å²) in [6, 6.07) is 3.94. The van der Waals surface area contributed by atoms with E-state index in [9.17, 15) is 0 Å². The summed E-state index contributed by atoms with van der Waals surface area (Å²) in [7, 11) is 0. The maximum Gasteiger partial charge on any atom is 0.191 e. The van der Waals surface area contributed by atoms with E-state index in [0.717, 1.165) is 63.8 Å². The highest BCUT2D eigenvalue weighted by Gasteiger charge is 2.15. The first-order valence-corrected chi connectivity index (χ1v) is 9.70. The standard InChI is InChI=1S/C20H31N3O2.HI/c1-2-5-17(6-3-1)8-11-21-20(23-15-18-10-14-24-16-18)22-12-9-19-7-4-13-25-19;/h4-5,7,13,18H,1-3,6,8-12,14-16H2,(H2,21,22,23);1H. The van der Waals surface area contributed by atoms with E-state index in [1.807, 2.05) is 12.1 Å². The number of furan rings is 1. The van der Waals surface area contributed by atoms with E-state index in [1.165, 1.54) is 25.7 Å². The number of hydrogen-bond acceptors (Lipinski definition) is 3. The van der Waals surface area contributed by atoms with Crippen LogP contribution in [0.5, 0.6) is 0 Å². The highest BCUT2D eigenvalue weighted by atomic mass is 127. The lowest BCUT2D eigenvalue weighted by Crippen LogP contribution is -2.39. The van der Waals surface area contributed by atoms with Gasteiger partial charge in [-0.1, -0.05) is 11.6 Å². The summed E-state index contributed by atoms with van der Waals surface area (Å²) in [5.74, 6) is 2.47. The van der Waals surface area contributed by atoms with Crippen LogP contribution in [0.25, 0.3) is 0 Å². The lowest BCUT2D eigenvalue weighted by atomic mass is 9.97. The molecule has 0 spiro atoms. The molecule has 2 N–H and O–H groups in total. The average molecular weight is 473 g/mol. The van der Waals surface area contributed by atoms with Gasteiger partial charge in [-0.2, -0.15) is 0 Å². The zero-order valence-electron chi connectivity index (χ0n) is 15.5. The molecule has 1 unspecified atom stereocenters. The van der Waals surface area contributed by atoms with Gasteiger partial charge in [0.25, 0.3) is 0 Å². The van der Waals surface area contributed by atoms with Gasteiger partial charge in [0.2, 0.25) is 0 Å². The topological polar surface area (TPSA) is 58.8 Å². The van der Waals surface area contributed by atoms with E-state index >= 15 is 0 Å². The third-order valence-corrected chi connectivity index (χ3v) is 4.90. The normalized spacial score (nSPS) is 20.4. The summed E-state index contributed by atoms with van der Waals surface area (Å²) in [5.41, 5.74) is 1.60. The van der Waals surface area contributed by atoms with E-state index in [4.69, 9.17) is 14.1 Å². The number of nitrogens with one attached hydrogen (secondary N) is 2. The second-order valence-electron chi connectivity index (χ2n) is 6.96. The fourth-order valence-corrected chi connectivity index (χ4v) is 3.35. The predicted octanol–water partition coefficient (Wildman–Crippen LogP) is 3.90. The van der Waals surface area contributed by atoms with Gasteiger partial charge in [-0.25, -0.2) is 0 Å². The number of hydrogen-bond donors (Lipinski definition) is 2. The van der Waals surface area contributed by atoms with E-state index in [0.29, 0.717) is 5.92 Å². The molecule has 0 radical (unpaired) electrons. The number of rotatable bonds is 8. The Kier molecular flexibility index (Phi) is 10.1. The van der Waals surface area contributed by atoms with Crippen molar-refractivity contribution in [2.45, 2.75) is 44.9 Å². The van der Waals surface area contributed by atoms with Crippen molar-refractivity contribution >= 4 is 29.9 Å². The molecule has 1 aliphatic heterocycles. The van der Waals surface area contributed by atoms with E-state index in [2.05, 4.69) is 16.7 Å². The minimum absolute atomic E-state index is 0. The summed E-state index contributed by atoms with van der Waals surface area (Å²) in [6.07, 6.45) is 12.5. The van der Waals surface area contributed by atoms with Gasteiger partial charge in [-0.15, -0.1) is 24.0 Å². The molecule has 26 heavy (non-hydrogen) atoms. The maximum atomic E-state index is 5.45. The van der Waals surface area contributed by atoms with Crippen LogP contribution in [0.1, 0.15) is 44.3 Å². The number of halogens is 1. The number of guanidine groups is 1. The van der Waals surface area contributed by atoms with Crippen molar-refractivity contribution in [3.63, 3.8) is 0 Å². The Morgan fingerprint density at radius 1 is 1.19 bits per heavy atom. The van der Waals surface area contributed by atoms with Crippen LogP contribution in [0.3, 0.4) is 0 Å². The molecule has 1 saturated heterocycles. The van der Waals surface area contributed by atoms with Crippen LogP contribution >= 0.6 is 24.0 Å². The van der Waals surface area contributed by atoms with Gasteiger partial charge in [0.05, 0.1) is 12.9 Å². The van der Waals surface area contributed by atoms with Crippen molar-refractivity contribution in [2.75, 3.05) is 32.8 Å². The zero-order chi connectivity index (χ0) is 17.2. The first-order chi connectivity index (χ1) is 12.4. The lowest BCUT2D eigenvalue weighted by molar-refractivity contribution is 0.187. The first kappa shape index (κ1) is 21.3. The highest BCUT2D eigenvalue weighted by molar-refractivity contribution is 14.0. The molecular weight excluding hydrogens is 441 g/mol. The monoisotopic (exact) mass is 473 g/mol. The minimum atomic E-state index is 0. The van der Waals surface area contributed by atoms with Crippen LogP contribution in [0.4, 0.5) is 0 Å². The molecule has 6 heteroatoms. The fourth-order valence-electron chi connectivity index (χ4n) is 3.35. The number of aliphatic imine (C=N–C) groups is 1. The van der Waals surface area contributed by atoms with Crippen LogP contribution in [0, 0.1) is 5.92 Å². The van der Waals surface area contributed by atoms with Gasteiger partial charge in [0.1, 0.15) is 5.76 Å². The smallest absolute Gasteiger partial charge is 0.191 e. The third kappa shape index (κ3) is 7.70. The number of ether oxygens (including phenoxy) is 1. The zero-order valence-corrected chi connectivity index (χ0v) is 17.9. The largest absolute Gasteiger partial charge is 0.469 e. The van der Waals surface area contributed by atoms with E-state index < -0.39 is 0 Å². The van der Waals surface area contributed by atoms with Crippen LogP contribution in [0.15, 0.2) is 39.5 Å². The van der Waals surface area contributed by atoms with Crippen LogP contribution in [-0.4, -0.2) is 38.8 Å². The van der Waals surface area contributed by atoms with Crippen molar-refractivity contribution in [3.05, 3.63) is 35.8 Å². The van der Waals surface area contributed by atoms with Gasteiger partial charge in [-0.3, -0.25) is 4.99 Å². The highest BCUT2D eigenvalue weighted by Crippen LogP contribution is 2.19. The van der Waals surface area contributed by atoms with Crippen molar-refractivity contribution in [1.29, 1.82) is 0 Å². The molecule has 0 aromatic carbocycles. The molecule has 1 aromatic rings. The van der Waals surface area contributed by atoms with E-state index in [1.54, 1.807) is 11.8 Å². The van der Waals surface area contributed by atoms with Gasteiger partial charge >= 0.3 is 0 Å². The molecule has 1 fully saturated rings. The second kappa shape index (κ2) is 12.4. The van der Waals surface area contributed by atoms with Crippen LogP contribution in [0.2, 0.25) is 0 Å². The quantitative estimate of drug-likeness (QED) is 0.260. The Hall–Kier alpha value is -1.02. The maximum absolute atomic E-state index is 5.45. The summed E-state index contributed by atoms with van der Waals surface area (Å²) < 4.78 is 10.8. The molecular formula is C20H32IN3O2. The molecule has 1 atom stereocenters. The second-order valence-corrected chi connectivity index (χ2v) is 6.96. The van der Waals surface area contributed by atoms with Crippen molar-refractivity contribution in [3.8, 4) is 0 Å². The first-order valence-electron chi connectivity index (χ1n) is 9.70. The average Bonchev–Trinajstić information content (AvgIpc) is 3.34. The van der Waals surface area contributed by atoms with Crippen LogP contribution in [-0.2, 0) is 11.2 Å². The molecule has 2 heterocycles. The number of nitrogens with zero attached hydrogens (tertiary/aromatic N) is 1. The molecule has 1 aliphatic carbocycles. The van der Waals surface area contributed by atoms with E-state index in [-0.39, 0.29) is 24.0 Å².